The van der Waals surface area contributed by atoms with Gasteiger partial charge in [0.2, 0.25) is 5.92 Å². The van der Waals surface area contributed by atoms with Crippen molar-refractivity contribution in [3.63, 3.8) is 0 Å². The van der Waals surface area contributed by atoms with E-state index in [9.17, 15) is 13.6 Å². The fraction of sp³-hybridized carbons (Fsp3) is 0.500. The van der Waals surface area contributed by atoms with Crippen molar-refractivity contribution >= 4 is 27.5 Å². The third-order valence-corrected chi connectivity index (χ3v) is 3.91. The van der Waals surface area contributed by atoms with Gasteiger partial charge in [0.15, 0.2) is 0 Å². The highest BCUT2D eigenvalue weighted by atomic mass is 79.9. The lowest BCUT2D eigenvalue weighted by molar-refractivity contribution is -0.114. The van der Waals surface area contributed by atoms with E-state index in [0.29, 0.717) is 10.1 Å². The summed E-state index contributed by atoms with van der Waals surface area (Å²) in [7, 11) is 0. The molecule has 0 radical (unpaired) electrons. The Balaban J connectivity index is 0.000000468. The maximum absolute atomic E-state index is 12.2. The minimum absolute atomic E-state index is 0.0174. The van der Waals surface area contributed by atoms with Crippen LogP contribution in [0.15, 0.2) is 33.5 Å². The predicted octanol–water partition coefficient (Wildman–Crippen LogP) is 4.02. The van der Waals surface area contributed by atoms with Crippen LogP contribution >= 0.6 is 15.9 Å². The van der Waals surface area contributed by atoms with Gasteiger partial charge in [-0.25, -0.2) is 8.78 Å². The van der Waals surface area contributed by atoms with Crippen LogP contribution in [-0.2, 0) is 4.79 Å². The zero-order valence-corrected chi connectivity index (χ0v) is 15.4. The number of rotatable bonds is 4. The van der Waals surface area contributed by atoms with Crippen molar-refractivity contribution in [3.8, 4) is 0 Å². The number of nitrogens with two attached hydrogens (primary N) is 2. The lowest BCUT2D eigenvalue weighted by Gasteiger charge is -2.16. The molecule has 0 heterocycles. The van der Waals surface area contributed by atoms with Crippen LogP contribution < -0.4 is 11.5 Å². The summed E-state index contributed by atoms with van der Waals surface area (Å²) in [4.78, 5) is 11.1. The molecule has 0 bridgehead atoms. The van der Waals surface area contributed by atoms with Crippen LogP contribution in [0.3, 0.4) is 0 Å². The van der Waals surface area contributed by atoms with E-state index in [-0.39, 0.29) is 29.3 Å². The van der Waals surface area contributed by atoms with Crippen molar-refractivity contribution < 1.29 is 13.6 Å². The highest BCUT2D eigenvalue weighted by Gasteiger charge is 2.24. The normalized spacial score (nSPS) is 18.3. The monoisotopic (exact) mass is 391 g/mol. The Morgan fingerprint density at radius 1 is 1.52 bits per heavy atom. The van der Waals surface area contributed by atoms with Gasteiger partial charge < -0.3 is 11.5 Å². The second-order valence-electron chi connectivity index (χ2n) is 5.55. The zero-order valence-electron chi connectivity index (χ0n) is 13.8. The number of carbonyl (C=O) groups is 1. The number of carbonyl (C=O) groups excluding carboxylic acids is 1. The first-order valence-electron chi connectivity index (χ1n) is 7.25. The van der Waals surface area contributed by atoms with Crippen molar-refractivity contribution in [1.29, 1.82) is 5.41 Å². The quantitative estimate of drug-likeness (QED) is 0.674. The summed E-state index contributed by atoms with van der Waals surface area (Å²) < 4.78 is 24.9. The number of nitrogens with one attached hydrogen (secondary N) is 1. The number of hydrogen-bond donors (Lipinski definition) is 3. The number of primary amides is 1. The third-order valence-electron chi connectivity index (χ3n) is 3.29. The molecule has 0 saturated heterocycles. The predicted molar refractivity (Wildman–Crippen MR) is 93.6 cm³/mol. The zero-order chi connectivity index (χ0) is 18.4. The summed E-state index contributed by atoms with van der Waals surface area (Å²) in [5.41, 5.74) is 12.0. The fourth-order valence-electron chi connectivity index (χ4n) is 2.01. The summed E-state index contributed by atoms with van der Waals surface area (Å²) in [6.07, 6.45) is 4.01. The topological polar surface area (TPSA) is 93.0 Å². The molecule has 0 saturated carbocycles. The highest BCUT2D eigenvalue weighted by Crippen LogP contribution is 2.27. The van der Waals surface area contributed by atoms with Gasteiger partial charge in [-0.15, -0.1) is 0 Å². The Labute approximate surface area is 144 Å². The minimum atomic E-state index is -2.48. The summed E-state index contributed by atoms with van der Waals surface area (Å²) in [6.45, 7) is 6.47. The largest absolute Gasteiger partial charge is 0.398 e. The van der Waals surface area contributed by atoms with Crippen LogP contribution in [0.4, 0.5) is 8.78 Å². The molecule has 5 N–H and O–H groups in total. The van der Waals surface area contributed by atoms with Crippen LogP contribution in [0.1, 0.15) is 40.5 Å². The summed E-state index contributed by atoms with van der Waals surface area (Å²) in [5.74, 6) is -2.95. The average molecular weight is 392 g/mol. The van der Waals surface area contributed by atoms with Gasteiger partial charge >= 0.3 is 0 Å². The van der Waals surface area contributed by atoms with Crippen LogP contribution in [-0.4, -0.2) is 17.5 Å². The summed E-state index contributed by atoms with van der Waals surface area (Å²) in [5, 5.41) is 7.68. The SMILES string of the molecule is C/C=C1\C(=N)C(Br)=CC(N)=C1C(N)=O.CCC(C)CC(C)(F)F. The first kappa shape index (κ1) is 21.5. The van der Waals surface area contributed by atoms with Crippen LogP contribution in [0.25, 0.3) is 0 Å². The molecule has 0 aliphatic heterocycles. The van der Waals surface area contributed by atoms with Gasteiger partial charge in [0.25, 0.3) is 5.91 Å². The Morgan fingerprint density at radius 2 is 2.04 bits per heavy atom. The second kappa shape index (κ2) is 8.96. The standard InChI is InChI=1S/C9H10BrN3O.C7H14F2/c1-2-4-7(9(13)14)6(11)3-5(10)8(4)12;1-4-6(2)5-7(3,8)9/h2-3,12H,11H2,1H3,(H2,13,14);6H,4-5H2,1-3H3/b4-2-,12-8?;. The van der Waals surface area contributed by atoms with E-state index in [1.165, 1.54) is 6.08 Å². The molecule has 130 valence electrons. The molecule has 0 fully saturated rings. The minimum Gasteiger partial charge on any atom is -0.398 e. The average Bonchev–Trinajstić information content (AvgIpc) is 2.40. The lowest BCUT2D eigenvalue weighted by Crippen LogP contribution is -2.25. The molecule has 1 amide bonds. The number of halogens is 3. The van der Waals surface area contributed by atoms with E-state index in [0.717, 1.165) is 13.3 Å². The molecule has 4 nitrogen and oxygen atoms in total. The number of allylic oxidation sites excluding steroid dienone is 3. The first-order chi connectivity index (χ1) is 10.4. The molecule has 0 aromatic rings. The third kappa shape index (κ3) is 7.07. The first-order valence-corrected chi connectivity index (χ1v) is 8.04. The Morgan fingerprint density at radius 3 is 2.35 bits per heavy atom. The van der Waals surface area contributed by atoms with Crippen LogP contribution in [0.2, 0.25) is 0 Å². The van der Waals surface area contributed by atoms with E-state index in [1.807, 2.05) is 13.8 Å². The Bertz CT molecular complexity index is 557. The van der Waals surface area contributed by atoms with Crippen molar-refractivity contribution in [2.75, 3.05) is 0 Å². The van der Waals surface area contributed by atoms with Crippen molar-refractivity contribution in [3.05, 3.63) is 33.5 Å². The molecular weight excluding hydrogens is 368 g/mol. The smallest absolute Gasteiger partial charge is 0.251 e. The van der Waals surface area contributed by atoms with E-state index in [4.69, 9.17) is 16.9 Å². The molecule has 7 heteroatoms. The van der Waals surface area contributed by atoms with E-state index < -0.39 is 11.8 Å². The van der Waals surface area contributed by atoms with Gasteiger partial charge in [0.1, 0.15) is 0 Å². The molecule has 23 heavy (non-hydrogen) atoms. The number of alkyl halides is 2. The maximum atomic E-state index is 12.2. The Kier molecular flexibility index (Phi) is 8.37. The van der Waals surface area contributed by atoms with Gasteiger partial charge in [0.05, 0.1) is 11.3 Å². The molecule has 1 atom stereocenters. The van der Waals surface area contributed by atoms with Crippen molar-refractivity contribution in [2.45, 2.75) is 46.5 Å². The van der Waals surface area contributed by atoms with Gasteiger partial charge in [-0.3, -0.25) is 10.2 Å². The lowest BCUT2D eigenvalue weighted by atomic mass is 9.93. The van der Waals surface area contributed by atoms with Gasteiger partial charge in [-0.2, -0.15) is 0 Å². The highest BCUT2D eigenvalue weighted by molar-refractivity contribution is 9.12. The van der Waals surface area contributed by atoms with Gasteiger partial charge in [-0.1, -0.05) is 26.3 Å². The van der Waals surface area contributed by atoms with E-state index >= 15 is 0 Å². The van der Waals surface area contributed by atoms with Gasteiger partial charge in [-0.05, 0) is 41.8 Å². The number of amides is 1. The second-order valence-corrected chi connectivity index (χ2v) is 6.41. The fourth-order valence-corrected chi connectivity index (χ4v) is 2.47. The molecule has 1 aliphatic carbocycles. The molecule has 0 aromatic heterocycles. The molecule has 0 aromatic carbocycles. The molecule has 1 aliphatic rings. The van der Waals surface area contributed by atoms with E-state index in [2.05, 4.69) is 15.9 Å². The van der Waals surface area contributed by atoms with Crippen molar-refractivity contribution in [2.24, 2.45) is 17.4 Å². The summed E-state index contributed by atoms with van der Waals surface area (Å²) in [6, 6.07) is 0. The molecule has 1 unspecified atom stereocenters. The Hall–Kier alpha value is -1.50. The maximum Gasteiger partial charge on any atom is 0.251 e. The van der Waals surface area contributed by atoms with Gasteiger partial charge in [0, 0.05) is 22.2 Å². The molecule has 1 rings (SSSR count). The van der Waals surface area contributed by atoms with Crippen LogP contribution in [0.5, 0.6) is 0 Å². The molecule has 0 spiro atoms. The molecular formula is C16H24BrF2N3O. The summed E-state index contributed by atoms with van der Waals surface area (Å²) >= 11 is 3.18. The van der Waals surface area contributed by atoms with Crippen LogP contribution in [0, 0.1) is 11.3 Å². The van der Waals surface area contributed by atoms with Crippen molar-refractivity contribution in [1.82, 2.24) is 0 Å². The number of hydrogen-bond acceptors (Lipinski definition) is 3. The van der Waals surface area contributed by atoms with E-state index in [1.54, 1.807) is 13.0 Å².